The fourth-order valence-corrected chi connectivity index (χ4v) is 4.67. The zero-order chi connectivity index (χ0) is 22.6. The number of pyridine rings is 1. The molecule has 1 aromatic heterocycles. The lowest BCUT2D eigenvalue weighted by Gasteiger charge is -2.18. The molecule has 1 amide bonds. The Morgan fingerprint density at radius 1 is 1.13 bits per heavy atom. The minimum absolute atomic E-state index is 0.164. The summed E-state index contributed by atoms with van der Waals surface area (Å²) in [5, 5.41) is 0. The van der Waals surface area contributed by atoms with E-state index >= 15 is 0 Å². The molecule has 0 saturated carbocycles. The molecule has 0 aliphatic rings. The number of hydrogen-bond donors (Lipinski definition) is 1. The van der Waals surface area contributed by atoms with Crippen LogP contribution in [0, 0.1) is 17.5 Å². The number of halogens is 1. The Morgan fingerprint density at radius 3 is 2.42 bits per heavy atom. The summed E-state index contributed by atoms with van der Waals surface area (Å²) >= 11 is 0. The van der Waals surface area contributed by atoms with E-state index in [1.807, 2.05) is 19.1 Å². The van der Waals surface area contributed by atoms with Crippen molar-refractivity contribution >= 4 is 21.3 Å². The van der Waals surface area contributed by atoms with Crippen LogP contribution in [0.2, 0.25) is 0 Å². The van der Waals surface area contributed by atoms with Gasteiger partial charge in [0, 0.05) is 36.0 Å². The van der Waals surface area contributed by atoms with Gasteiger partial charge in [0.1, 0.15) is 5.82 Å². The average Bonchev–Trinajstić information content (AvgIpc) is 2.77. The highest BCUT2D eigenvalue weighted by molar-refractivity contribution is 7.92. The Labute approximate surface area is 182 Å². The summed E-state index contributed by atoms with van der Waals surface area (Å²) in [7, 11) is -1.41. The van der Waals surface area contributed by atoms with E-state index in [0.29, 0.717) is 23.3 Å². The third kappa shape index (κ3) is 5.17. The Morgan fingerprint density at radius 2 is 1.81 bits per heavy atom. The van der Waals surface area contributed by atoms with Crippen LogP contribution in [0.4, 0.5) is 10.1 Å². The number of carbonyl (C=O) groups is 1. The molecular formula is C24H26FN3O2S. The van der Waals surface area contributed by atoms with Crippen LogP contribution < -0.4 is 4.90 Å². The van der Waals surface area contributed by atoms with Crippen LogP contribution in [0.3, 0.4) is 0 Å². The highest BCUT2D eigenvalue weighted by Gasteiger charge is 2.15. The number of amides is 1. The van der Waals surface area contributed by atoms with Gasteiger partial charge >= 0.3 is 0 Å². The summed E-state index contributed by atoms with van der Waals surface area (Å²) in [6.45, 7) is 3.63. The van der Waals surface area contributed by atoms with Crippen molar-refractivity contribution in [2.75, 3.05) is 17.7 Å². The van der Waals surface area contributed by atoms with E-state index < -0.39 is 15.5 Å². The van der Waals surface area contributed by atoms with Crippen LogP contribution in [0.25, 0.3) is 11.1 Å². The number of nitrogens with one attached hydrogen (secondary N) is 1. The standard InChI is InChI=1S/C24H26FN3O2S/c1-4-24(29)28(3)23-12-9-20(16-22(23)25)19-7-10-21(11-8-19)31(26,30)15-13-18-6-5-14-27-17(18)2/h5-12,14,16,26H,4,13,15H2,1-3H3. The molecule has 0 fully saturated rings. The number of benzene rings is 2. The van der Waals surface area contributed by atoms with Gasteiger partial charge in [-0.1, -0.05) is 31.2 Å². The predicted molar refractivity (Wildman–Crippen MR) is 122 cm³/mol. The second-order valence-electron chi connectivity index (χ2n) is 7.37. The molecule has 1 unspecified atom stereocenters. The summed E-state index contributed by atoms with van der Waals surface area (Å²) in [6, 6.07) is 15.3. The van der Waals surface area contributed by atoms with Crippen molar-refractivity contribution in [3.05, 3.63) is 77.9 Å². The minimum Gasteiger partial charge on any atom is -0.313 e. The van der Waals surface area contributed by atoms with Gasteiger partial charge in [-0.15, -0.1) is 0 Å². The van der Waals surface area contributed by atoms with Gasteiger partial charge in [0.25, 0.3) is 0 Å². The fourth-order valence-electron chi connectivity index (χ4n) is 3.35. The van der Waals surface area contributed by atoms with Crippen LogP contribution in [-0.4, -0.2) is 27.9 Å². The van der Waals surface area contributed by atoms with E-state index in [1.54, 1.807) is 56.6 Å². The number of nitrogens with zero attached hydrogens (tertiary/aromatic N) is 2. The van der Waals surface area contributed by atoms with Crippen LogP contribution >= 0.6 is 0 Å². The molecule has 5 nitrogen and oxygen atoms in total. The molecule has 0 aliphatic heterocycles. The van der Waals surface area contributed by atoms with Crippen LogP contribution in [0.1, 0.15) is 24.6 Å². The van der Waals surface area contributed by atoms with Crippen molar-refractivity contribution < 1.29 is 13.4 Å². The number of aromatic nitrogens is 1. The summed E-state index contributed by atoms with van der Waals surface area (Å²) in [6.07, 6.45) is 2.52. The molecule has 0 aliphatic carbocycles. The first-order valence-electron chi connectivity index (χ1n) is 10.1. The van der Waals surface area contributed by atoms with Gasteiger partial charge in [0.2, 0.25) is 5.91 Å². The summed E-state index contributed by atoms with van der Waals surface area (Å²) in [5.74, 6) is -0.440. The van der Waals surface area contributed by atoms with Crippen molar-refractivity contribution in [1.82, 2.24) is 4.98 Å². The molecule has 31 heavy (non-hydrogen) atoms. The van der Waals surface area contributed by atoms with Gasteiger partial charge in [0.15, 0.2) is 0 Å². The van der Waals surface area contributed by atoms with Crippen molar-refractivity contribution in [1.29, 1.82) is 4.78 Å². The molecule has 2 aromatic carbocycles. The van der Waals surface area contributed by atoms with Crippen molar-refractivity contribution in [3.8, 4) is 11.1 Å². The highest BCUT2D eigenvalue weighted by atomic mass is 32.2. The number of aryl methyl sites for hydroxylation is 2. The molecule has 3 rings (SSSR count). The Bertz CT molecular complexity index is 1190. The number of anilines is 1. The van der Waals surface area contributed by atoms with E-state index in [-0.39, 0.29) is 17.3 Å². The lowest BCUT2D eigenvalue weighted by molar-refractivity contribution is -0.118. The Hall–Kier alpha value is -3.06. The third-order valence-corrected chi connectivity index (χ3v) is 7.14. The molecule has 7 heteroatoms. The average molecular weight is 440 g/mol. The molecule has 0 bridgehead atoms. The number of hydrogen-bond acceptors (Lipinski definition) is 4. The largest absolute Gasteiger partial charge is 0.313 e. The molecule has 0 spiro atoms. The predicted octanol–water partition coefficient (Wildman–Crippen LogP) is 5.22. The molecular weight excluding hydrogens is 413 g/mol. The third-order valence-electron chi connectivity index (χ3n) is 5.33. The second kappa shape index (κ2) is 9.39. The van der Waals surface area contributed by atoms with E-state index in [1.165, 1.54) is 11.0 Å². The smallest absolute Gasteiger partial charge is 0.226 e. The summed E-state index contributed by atoms with van der Waals surface area (Å²) in [4.78, 5) is 17.8. The zero-order valence-corrected chi connectivity index (χ0v) is 18.7. The highest BCUT2D eigenvalue weighted by Crippen LogP contribution is 2.27. The molecule has 3 aromatic rings. The van der Waals surface area contributed by atoms with Crippen molar-refractivity contribution in [2.24, 2.45) is 0 Å². The fraction of sp³-hybridized carbons (Fsp3) is 0.250. The second-order valence-corrected chi connectivity index (χ2v) is 9.60. The van der Waals surface area contributed by atoms with Gasteiger partial charge < -0.3 is 4.90 Å². The van der Waals surface area contributed by atoms with Crippen molar-refractivity contribution in [3.63, 3.8) is 0 Å². The van der Waals surface area contributed by atoms with Crippen LogP contribution in [0.15, 0.2) is 65.7 Å². The number of rotatable bonds is 7. The minimum atomic E-state index is -2.96. The van der Waals surface area contributed by atoms with Gasteiger partial charge in [-0.05, 0) is 60.4 Å². The Balaban J connectivity index is 1.77. The van der Waals surface area contributed by atoms with E-state index in [2.05, 4.69) is 4.98 Å². The first-order chi connectivity index (χ1) is 14.7. The van der Waals surface area contributed by atoms with Gasteiger partial charge in [-0.25, -0.2) is 13.4 Å². The molecule has 1 N–H and O–H groups in total. The van der Waals surface area contributed by atoms with E-state index in [4.69, 9.17) is 4.78 Å². The van der Waals surface area contributed by atoms with Gasteiger partial charge in [-0.3, -0.25) is 9.78 Å². The normalized spacial score (nSPS) is 12.9. The summed E-state index contributed by atoms with van der Waals surface area (Å²) in [5.41, 5.74) is 3.49. The Kier molecular flexibility index (Phi) is 6.85. The lowest BCUT2D eigenvalue weighted by atomic mass is 10.0. The van der Waals surface area contributed by atoms with E-state index in [0.717, 1.165) is 16.8 Å². The van der Waals surface area contributed by atoms with Gasteiger partial charge in [-0.2, -0.15) is 0 Å². The summed E-state index contributed by atoms with van der Waals surface area (Å²) < 4.78 is 35.8. The first-order valence-corrected chi connectivity index (χ1v) is 11.8. The maximum absolute atomic E-state index is 14.6. The van der Waals surface area contributed by atoms with E-state index in [9.17, 15) is 13.4 Å². The topological polar surface area (TPSA) is 74.1 Å². The molecule has 0 radical (unpaired) electrons. The molecule has 0 saturated heterocycles. The molecule has 162 valence electrons. The monoisotopic (exact) mass is 439 g/mol. The molecule has 1 atom stereocenters. The first kappa shape index (κ1) is 22.6. The maximum atomic E-state index is 14.6. The number of carbonyl (C=O) groups excluding carboxylic acids is 1. The van der Waals surface area contributed by atoms with Crippen molar-refractivity contribution in [2.45, 2.75) is 31.6 Å². The quantitative estimate of drug-likeness (QED) is 0.549. The zero-order valence-electron chi connectivity index (χ0n) is 17.9. The lowest BCUT2D eigenvalue weighted by Crippen LogP contribution is -2.25. The van der Waals surface area contributed by atoms with Crippen LogP contribution in [-0.2, 0) is 20.9 Å². The van der Waals surface area contributed by atoms with Crippen LogP contribution in [0.5, 0.6) is 0 Å². The SMILES string of the molecule is CCC(=O)N(C)c1ccc(-c2ccc(S(=N)(=O)CCc3cccnc3C)cc2)cc1F. The molecule has 1 heterocycles. The van der Waals surface area contributed by atoms with Gasteiger partial charge in [0.05, 0.1) is 15.4 Å². The maximum Gasteiger partial charge on any atom is 0.226 e.